The highest BCUT2D eigenvalue weighted by Gasteiger charge is 2.39. The van der Waals surface area contributed by atoms with Gasteiger partial charge in [0.05, 0.1) is 6.20 Å². The SMILES string of the molecule is Cc1cccc(-c2cnc(C(=O)NC3CN4CC[C@H]3C4)o2)c1. The third-order valence-electron chi connectivity index (χ3n) is 4.65. The van der Waals surface area contributed by atoms with Crippen molar-refractivity contribution >= 4 is 5.91 Å². The molecule has 0 saturated carbocycles. The number of rotatable bonds is 3. The van der Waals surface area contributed by atoms with Gasteiger partial charge in [-0.3, -0.25) is 4.79 Å². The van der Waals surface area contributed by atoms with Crippen LogP contribution in [0.25, 0.3) is 11.3 Å². The maximum atomic E-state index is 12.3. The van der Waals surface area contributed by atoms with E-state index < -0.39 is 0 Å². The highest BCUT2D eigenvalue weighted by molar-refractivity contribution is 5.90. The summed E-state index contributed by atoms with van der Waals surface area (Å²) in [6, 6.07) is 8.20. The first-order valence-corrected chi connectivity index (χ1v) is 7.75. The van der Waals surface area contributed by atoms with E-state index in [2.05, 4.69) is 15.2 Å². The number of amides is 1. The predicted octanol–water partition coefficient (Wildman–Crippen LogP) is 2.08. The van der Waals surface area contributed by atoms with Crippen molar-refractivity contribution in [3.63, 3.8) is 0 Å². The highest BCUT2D eigenvalue weighted by atomic mass is 16.4. The summed E-state index contributed by atoms with van der Waals surface area (Å²) in [6.07, 6.45) is 2.79. The average molecular weight is 297 g/mol. The zero-order valence-corrected chi connectivity index (χ0v) is 12.6. The molecular formula is C17H19N3O2. The fourth-order valence-corrected chi connectivity index (χ4v) is 3.49. The van der Waals surface area contributed by atoms with Crippen molar-refractivity contribution in [2.45, 2.75) is 19.4 Å². The number of nitrogens with zero attached hydrogens (tertiary/aromatic N) is 2. The van der Waals surface area contributed by atoms with Crippen LogP contribution in [0.15, 0.2) is 34.9 Å². The summed E-state index contributed by atoms with van der Waals surface area (Å²) in [5, 5.41) is 3.07. The van der Waals surface area contributed by atoms with Crippen LogP contribution < -0.4 is 5.32 Å². The van der Waals surface area contributed by atoms with E-state index >= 15 is 0 Å². The molecule has 3 heterocycles. The fraction of sp³-hybridized carbons (Fsp3) is 0.412. The number of aryl methyl sites for hydroxylation is 1. The van der Waals surface area contributed by atoms with E-state index in [-0.39, 0.29) is 17.8 Å². The van der Waals surface area contributed by atoms with Crippen LogP contribution >= 0.6 is 0 Å². The second kappa shape index (κ2) is 5.25. The van der Waals surface area contributed by atoms with Gasteiger partial charge in [0.15, 0.2) is 5.76 Å². The standard InChI is InChI=1S/C17H19N3O2/c1-11-3-2-4-12(7-11)15-8-18-17(22-15)16(21)19-14-10-20-6-5-13(14)9-20/h2-4,7-8,13-14H,5-6,9-10H2,1H3,(H,19,21)/t13-,14?/m0/s1. The normalized spacial score (nSPS) is 26.3. The monoisotopic (exact) mass is 297 g/mol. The van der Waals surface area contributed by atoms with E-state index in [1.54, 1.807) is 6.20 Å². The second-order valence-electron chi connectivity index (χ2n) is 6.29. The number of carbonyl (C=O) groups is 1. The van der Waals surface area contributed by atoms with E-state index in [1.165, 1.54) is 6.42 Å². The number of piperidine rings is 1. The van der Waals surface area contributed by atoms with Crippen LogP contribution in [0.5, 0.6) is 0 Å². The Hall–Kier alpha value is -2.14. The number of fused-ring (bicyclic) bond motifs is 2. The minimum Gasteiger partial charge on any atom is -0.432 e. The van der Waals surface area contributed by atoms with Crippen LogP contribution in [0.1, 0.15) is 22.7 Å². The predicted molar refractivity (Wildman–Crippen MR) is 82.5 cm³/mol. The van der Waals surface area contributed by atoms with Crippen LogP contribution in [0, 0.1) is 12.8 Å². The number of nitrogens with one attached hydrogen (secondary N) is 1. The first kappa shape index (κ1) is 13.5. The van der Waals surface area contributed by atoms with Crippen molar-refractivity contribution in [2.75, 3.05) is 19.6 Å². The summed E-state index contributed by atoms with van der Waals surface area (Å²) >= 11 is 0. The molecule has 22 heavy (non-hydrogen) atoms. The van der Waals surface area contributed by atoms with Gasteiger partial charge in [0.2, 0.25) is 0 Å². The quantitative estimate of drug-likeness (QED) is 0.942. The van der Waals surface area contributed by atoms with Gasteiger partial charge in [0, 0.05) is 24.7 Å². The summed E-state index contributed by atoms with van der Waals surface area (Å²) in [5.74, 6) is 1.15. The van der Waals surface area contributed by atoms with Gasteiger partial charge in [-0.15, -0.1) is 0 Å². The maximum absolute atomic E-state index is 12.3. The van der Waals surface area contributed by atoms with Gasteiger partial charge < -0.3 is 14.6 Å². The molecule has 2 aliphatic heterocycles. The Kier molecular flexibility index (Phi) is 3.22. The van der Waals surface area contributed by atoms with Gasteiger partial charge in [-0.1, -0.05) is 23.8 Å². The van der Waals surface area contributed by atoms with Gasteiger partial charge in [-0.2, -0.15) is 0 Å². The lowest BCUT2D eigenvalue weighted by molar-refractivity contribution is 0.0890. The Morgan fingerprint density at radius 3 is 3.05 bits per heavy atom. The summed E-state index contributed by atoms with van der Waals surface area (Å²) in [4.78, 5) is 18.8. The third-order valence-corrected chi connectivity index (χ3v) is 4.65. The summed E-state index contributed by atoms with van der Waals surface area (Å²) < 4.78 is 5.64. The topological polar surface area (TPSA) is 58.4 Å². The Labute approximate surface area is 129 Å². The molecule has 2 fully saturated rings. The lowest BCUT2D eigenvalue weighted by atomic mass is 10.0. The second-order valence-corrected chi connectivity index (χ2v) is 6.29. The van der Waals surface area contributed by atoms with Crippen molar-refractivity contribution in [3.8, 4) is 11.3 Å². The molecule has 3 atom stereocenters. The minimum atomic E-state index is -0.211. The number of oxazole rings is 1. The molecule has 0 aliphatic carbocycles. The highest BCUT2D eigenvalue weighted by Crippen LogP contribution is 2.28. The minimum absolute atomic E-state index is 0.147. The molecule has 2 aromatic rings. The smallest absolute Gasteiger partial charge is 0.307 e. The lowest BCUT2D eigenvalue weighted by Gasteiger charge is -2.22. The van der Waals surface area contributed by atoms with Crippen molar-refractivity contribution < 1.29 is 9.21 Å². The van der Waals surface area contributed by atoms with Gasteiger partial charge in [-0.05, 0) is 31.9 Å². The summed E-state index contributed by atoms with van der Waals surface area (Å²) in [7, 11) is 0. The van der Waals surface area contributed by atoms with Crippen LogP contribution in [0.4, 0.5) is 0 Å². The molecule has 2 unspecified atom stereocenters. The molecule has 2 bridgehead atoms. The molecular weight excluding hydrogens is 278 g/mol. The molecule has 1 N–H and O–H groups in total. The van der Waals surface area contributed by atoms with E-state index in [0.29, 0.717) is 11.7 Å². The van der Waals surface area contributed by atoms with Crippen LogP contribution in [-0.4, -0.2) is 41.5 Å². The van der Waals surface area contributed by atoms with Gasteiger partial charge >= 0.3 is 5.91 Å². The number of benzene rings is 1. The first-order chi connectivity index (χ1) is 10.7. The summed E-state index contributed by atoms with van der Waals surface area (Å²) in [5.41, 5.74) is 2.09. The number of hydrogen-bond acceptors (Lipinski definition) is 4. The Morgan fingerprint density at radius 2 is 2.32 bits per heavy atom. The number of carbonyl (C=O) groups excluding carboxylic acids is 1. The molecule has 1 aromatic carbocycles. The van der Waals surface area contributed by atoms with Crippen LogP contribution in [-0.2, 0) is 0 Å². The molecule has 2 saturated heterocycles. The molecule has 114 valence electrons. The molecule has 5 heteroatoms. The van der Waals surface area contributed by atoms with Crippen LogP contribution in [0.3, 0.4) is 0 Å². The lowest BCUT2D eigenvalue weighted by Crippen LogP contribution is -2.43. The molecule has 0 spiro atoms. The first-order valence-electron chi connectivity index (χ1n) is 7.75. The molecule has 0 radical (unpaired) electrons. The van der Waals surface area contributed by atoms with Crippen molar-refractivity contribution in [1.82, 2.24) is 15.2 Å². The zero-order valence-electron chi connectivity index (χ0n) is 12.6. The van der Waals surface area contributed by atoms with E-state index in [1.807, 2.05) is 31.2 Å². The fourth-order valence-electron chi connectivity index (χ4n) is 3.49. The van der Waals surface area contributed by atoms with Crippen LogP contribution in [0.2, 0.25) is 0 Å². The van der Waals surface area contributed by atoms with Gasteiger partial charge in [0.1, 0.15) is 0 Å². The molecule has 1 amide bonds. The Balaban J connectivity index is 1.48. The summed E-state index contributed by atoms with van der Waals surface area (Å²) in [6.45, 7) is 5.23. The Morgan fingerprint density at radius 1 is 1.41 bits per heavy atom. The number of aromatic nitrogens is 1. The van der Waals surface area contributed by atoms with Gasteiger partial charge in [-0.25, -0.2) is 4.98 Å². The molecule has 2 aliphatic rings. The molecule has 1 aromatic heterocycles. The van der Waals surface area contributed by atoms with E-state index in [4.69, 9.17) is 4.42 Å². The van der Waals surface area contributed by atoms with Crippen molar-refractivity contribution in [2.24, 2.45) is 5.92 Å². The largest absolute Gasteiger partial charge is 0.432 e. The van der Waals surface area contributed by atoms with Crippen molar-refractivity contribution in [1.29, 1.82) is 0 Å². The molecule has 4 rings (SSSR count). The van der Waals surface area contributed by atoms with E-state index in [9.17, 15) is 4.79 Å². The van der Waals surface area contributed by atoms with Gasteiger partial charge in [0.25, 0.3) is 5.89 Å². The third kappa shape index (κ3) is 2.41. The Bertz CT molecular complexity index is 709. The van der Waals surface area contributed by atoms with E-state index in [0.717, 1.165) is 30.8 Å². The molecule has 5 nitrogen and oxygen atoms in total. The van der Waals surface area contributed by atoms with Crippen molar-refractivity contribution in [3.05, 3.63) is 41.9 Å². The zero-order chi connectivity index (χ0) is 15.1. The number of hydrogen-bond donors (Lipinski definition) is 1. The average Bonchev–Trinajstić information content (AvgIpc) is 3.23. The maximum Gasteiger partial charge on any atom is 0.307 e.